The monoisotopic (exact) mass is 329 g/mol. The number of fused-ring (bicyclic) bond motifs is 1. The fourth-order valence-electron chi connectivity index (χ4n) is 2.82. The van der Waals surface area contributed by atoms with E-state index in [0.29, 0.717) is 10.7 Å². The normalized spacial score (nSPS) is 14.2. The van der Waals surface area contributed by atoms with Crippen molar-refractivity contribution in [1.82, 2.24) is 4.90 Å². The number of benzene rings is 2. The van der Waals surface area contributed by atoms with E-state index in [1.165, 1.54) is 11.1 Å². The molecule has 0 fully saturated rings. The van der Waals surface area contributed by atoms with Gasteiger partial charge in [-0.25, -0.2) is 4.79 Å². The topological polar surface area (TPSA) is 44.4 Å². The van der Waals surface area contributed by atoms with E-state index < -0.39 is 0 Å². The van der Waals surface area contributed by atoms with Crippen LogP contribution in [0.2, 0.25) is 5.02 Å². The van der Waals surface area contributed by atoms with Crippen molar-refractivity contribution >= 4 is 29.0 Å². The van der Waals surface area contributed by atoms with Crippen molar-refractivity contribution in [3.63, 3.8) is 0 Å². The number of anilines is 2. The van der Waals surface area contributed by atoms with Crippen molar-refractivity contribution < 1.29 is 4.79 Å². The van der Waals surface area contributed by atoms with Crippen LogP contribution in [0, 0.1) is 6.92 Å². The number of hydrogen-bond acceptors (Lipinski definition) is 2. The minimum atomic E-state index is -0.253. The summed E-state index contributed by atoms with van der Waals surface area (Å²) in [6, 6.07) is 11.3. The summed E-state index contributed by atoms with van der Waals surface area (Å²) in [5.41, 5.74) is 5.05. The summed E-state index contributed by atoms with van der Waals surface area (Å²) in [6.07, 6.45) is 0.943. The number of nitrogens with zero attached hydrogens (tertiary/aromatic N) is 1. The molecule has 2 aromatic rings. The quantitative estimate of drug-likeness (QED) is 0.863. The summed E-state index contributed by atoms with van der Waals surface area (Å²) >= 11 is 6.09. The number of nitrogens with one attached hydrogen (secondary N) is 2. The number of aryl methyl sites for hydroxylation is 1. The van der Waals surface area contributed by atoms with Gasteiger partial charge in [-0.15, -0.1) is 0 Å². The molecule has 0 radical (unpaired) electrons. The Morgan fingerprint density at radius 2 is 2.04 bits per heavy atom. The Labute approximate surface area is 141 Å². The van der Waals surface area contributed by atoms with Gasteiger partial charge in [0.1, 0.15) is 0 Å². The molecule has 0 saturated heterocycles. The Balaban J connectivity index is 1.73. The van der Waals surface area contributed by atoms with Crippen molar-refractivity contribution in [2.24, 2.45) is 0 Å². The molecule has 0 unspecified atom stereocenters. The summed E-state index contributed by atoms with van der Waals surface area (Å²) < 4.78 is 0. The van der Waals surface area contributed by atoms with Crippen LogP contribution in [0.1, 0.15) is 16.7 Å². The predicted octanol–water partition coefficient (Wildman–Crippen LogP) is 4.28. The van der Waals surface area contributed by atoms with Gasteiger partial charge < -0.3 is 15.5 Å². The van der Waals surface area contributed by atoms with Crippen LogP contribution >= 0.6 is 11.6 Å². The van der Waals surface area contributed by atoms with Crippen LogP contribution in [0.5, 0.6) is 0 Å². The summed E-state index contributed by atoms with van der Waals surface area (Å²) in [5, 5.41) is 6.43. The Bertz CT molecular complexity index is 745. The van der Waals surface area contributed by atoms with Gasteiger partial charge in [0.15, 0.2) is 0 Å². The van der Waals surface area contributed by atoms with Crippen LogP contribution in [0.15, 0.2) is 36.4 Å². The molecule has 1 heterocycles. The second kappa shape index (κ2) is 6.60. The van der Waals surface area contributed by atoms with E-state index in [1.807, 2.05) is 31.2 Å². The van der Waals surface area contributed by atoms with Crippen molar-refractivity contribution in [1.29, 1.82) is 0 Å². The lowest BCUT2D eigenvalue weighted by molar-refractivity contribution is 0.262. The smallest absolute Gasteiger partial charge is 0.308 e. The van der Waals surface area contributed by atoms with Crippen LogP contribution in [0.25, 0.3) is 0 Å². The van der Waals surface area contributed by atoms with E-state index >= 15 is 0 Å². The number of likely N-dealkylation sites (N-methyl/N-ethyl adjacent to an activating group) is 1. The Hall–Kier alpha value is -2.04. The molecule has 1 aliphatic rings. The molecule has 0 bridgehead atoms. The first-order valence-electron chi connectivity index (χ1n) is 7.66. The molecule has 0 aromatic heterocycles. The molecule has 0 atom stereocenters. The highest BCUT2D eigenvalue weighted by molar-refractivity contribution is 6.31. The third kappa shape index (κ3) is 3.66. The highest BCUT2D eigenvalue weighted by atomic mass is 35.5. The second-order valence-electron chi connectivity index (χ2n) is 5.97. The van der Waals surface area contributed by atoms with E-state index in [-0.39, 0.29) is 6.03 Å². The van der Waals surface area contributed by atoms with Crippen LogP contribution in [-0.2, 0) is 13.0 Å². The van der Waals surface area contributed by atoms with Gasteiger partial charge in [0, 0.05) is 29.5 Å². The first kappa shape index (κ1) is 15.8. The average molecular weight is 330 g/mol. The number of hydrogen-bond donors (Lipinski definition) is 2. The zero-order valence-electron chi connectivity index (χ0n) is 13.3. The minimum absolute atomic E-state index is 0.253. The molecular formula is C18H20ClN3O. The van der Waals surface area contributed by atoms with Crippen LogP contribution < -0.4 is 10.6 Å². The summed E-state index contributed by atoms with van der Waals surface area (Å²) in [7, 11) is 2.11. The fourth-order valence-corrected chi connectivity index (χ4v) is 3.00. The van der Waals surface area contributed by atoms with E-state index in [0.717, 1.165) is 30.8 Å². The molecule has 0 saturated carbocycles. The van der Waals surface area contributed by atoms with Crippen molar-refractivity contribution in [3.05, 3.63) is 58.1 Å². The van der Waals surface area contributed by atoms with Crippen LogP contribution in [0.3, 0.4) is 0 Å². The molecule has 1 aliphatic heterocycles. The van der Waals surface area contributed by atoms with Gasteiger partial charge in [0.2, 0.25) is 0 Å². The zero-order chi connectivity index (χ0) is 16.4. The zero-order valence-corrected chi connectivity index (χ0v) is 14.1. The molecule has 0 aliphatic carbocycles. The van der Waals surface area contributed by atoms with Gasteiger partial charge in [0.25, 0.3) is 0 Å². The maximum absolute atomic E-state index is 12.3. The SMILES string of the molecule is Cc1ccc(NC(=O)Nc2cccc3c2CCN(C)C3)cc1Cl. The Morgan fingerprint density at radius 3 is 2.83 bits per heavy atom. The summed E-state index contributed by atoms with van der Waals surface area (Å²) in [4.78, 5) is 14.5. The van der Waals surface area contributed by atoms with E-state index in [1.54, 1.807) is 6.07 Å². The van der Waals surface area contributed by atoms with Crippen molar-refractivity contribution in [2.75, 3.05) is 24.2 Å². The maximum Gasteiger partial charge on any atom is 0.323 e. The minimum Gasteiger partial charge on any atom is -0.308 e. The van der Waals surface area contributed by atoms with E-state index in [2.05, 4.69) is 28.6 Å². The standard InChI is InChI=1S/C18H20ClN3O/c1-12-6-7-14(10-16(12)19)20-18(23)21-17-5-3-4-13-11-22(2)9-8-15(13)17/h3-7,10H,8-9,11H2,1-2H3,(H2,20,21,23). The number of halogens is 1. The van der Waals surface area contributed by atoms with Crippen molar-refractivity contribution in [3.8, 4) is 0 Å². The first-order valence-corrected chi connectivity index (χ1v) is 8.04. The average Bonchev–Trinajstić information content (AvgIpc) is 2.51. The number of urea groups is 1. The third-order valence-electron chi connectivity index (χ3n) is 4.13. The highest BCUT2D eigenvalue weighted by Crippen LogP contribution is 2.26. The lowest BCUT2D eigenvalue weighted by Gasteiger charge is -2.26. The lowest BCUT2D eigenvalue weighted by atomic mass is 9.98. The molecule has 2 amide bonds. The summed E-state index contributed by atoms with van der Waals surface area (Å²) in [6.45, 7) is 3.85. The van der Waals surface area contributed by atoms with Gasteiger partial charge in [-0.3, -0.25) is 0 Å². The molecule has 2 aromatic carbocycles. The number of carbonyl (C=O) groups is 1. The molecule has 4 nitrogen and oxygen atoms in total. The van der Waals surface area contributed by atoms with Gasteiger partial charge in [-0.1, -0.05) is 29.8 Å². The van der Waals surface area contributed by atoms with Crippen LogP contribution in [0.4, 0.5) is 16.2 Å². The lowest BCUT2D eigenvalue weighted by Crippen LogP contribution is -2.28. The molecule has 3 rings (SSSR count). The maximum atomic E-state index is 12.3. The highest BCUT2D eigenvalue weighted by Gasteiger charge is 2.17. The molecule has 120 valence electrons. The van der Waals surface area contributed by atoms with E-state index in [4.69, 9.17) is 11.6 Å². The predicted molar refractivity (Wildman–Crippen MR) is 95.3 cm³/mol. The van der Waals surface area contributed by atoms with Gasteiger partial charge in [0.05, 0.1) is 0 Å². The van der Waals surface area contributed by atoms with Crippen molar-refractivity contribution in [2.45, 2.75) is 19.9 Å². The summed E-state index contributed by atoms with van der Waals surface area (Å²) in [5.74, 6) is 0. The van der Waals surface area contributed by atoms with Crippen LogP contribution in [-0.4, -0.2) is 24.5 Å². The largest absolute Gasteiger partial charge is 0.323 e. The van der Waals surface area contributed by atoms with Gasteiger partial charge in [-0.05, 0) is 55.3 Å². The fraction of sp³-hybridized carbons (Fsp3) is 0.278. The molecule has 2 N–H and O–H groups in total. The Kier molecular flexibility index (Phi) is 4.55. The number of rotatable bonds is 2. The first-order chi connectivity index (χ1) is 11.0. The molecule has 5 heteroatoms. The molecule has 0 spiro atoms. The molecule has 23 heavy (non-hydrogen) atoms. The van der Waals surface area contributed by atoms with E-state index in [9.17, 15) is 4.79 Å². The molecular weight excluding hydrogens is 310 g/mol. The van der Waals surface area contributed by atoms with Gasteiger partial charge in [-0.2, -0.15) is 0 Å². The number of carbonyl (C=O) groups excluding carboxylic acids is 1. The number of amides is 2. The van der Waals surface area contributed by atoms with Gasteiger partial charge >= 0.3 is 6.03 Å². The second-order valence-corrected chi connectivity index (χ2v) is 6.38. The third-order valence-corrected chi connectivity index (χ3v) is 4.54. The Morgan fingerprint density at radius 1 is 1.22 bits per heavy atom.